The van der Waals surface area contributed by atoms with Gasteiger partial charge in [-0.3, -0.25) is 9.79 Å². The zero-order chi connectivity index (χ0) is 18.1. The smallest absolute Gasteiger partial charge is 0.255 e. The van der Waals surface area contributed by atoms with Crippen molar-refractivity contribution >= 4 is 35.8 Å². The van der Waals surface area contributed by atoms with Gasteiger partial charge in [0.15, 0.2) is 12.6 Å². The molecule has 0 aromatic heterocycles. The van der Waals surface area contributed by atoms with Gasteiger partial charge in [-0.15, -0.1) is 24.0 Å². The number of hydrogen-bond acceptors (Lipinski definition) is 3. The van der Waals surface area contributed by atoms with Crippen LogP contribution in [0.4, 0.5) is 0 Å². The molecule has 0 aliphatic rings. The van der Waals surface area contributed by atoms with E-state index in [1.54, 1.807) is 13.1 Å². The number of carbonyl (C=O) groups is 1. The molecule has 2 aromatic rings. The second-order valence-electron chi connectivity index (χ2n) is 5.61. The third-order valence-electron chi connectivity index (χ3n) is 3.67. The average Bonchev–Trinajstić information content (AvgIpc) is 2.62. The molecule has 6 nitrogen and oxygen atoms in total. The highest BCUT2D eigenvalue weighted by Gasteiger charge is 2.03. The highest BCUT2D eigenvalue weighted by Crippen LogP contribution is 2.13. The predicted octanol–water partition coefficient (Wildman–Crippen LogP) is 2.34. The van der Waals surface area contributed by atoms with E-state index in [9.17, 15) is 4.79 Å². The second kappa shape index (κ2) is 11.3. The number of rotatable bonds is 7. The van der Waals surface area contributed by atoms with Gasteiger partial charge in [-0.1, -0.05) is 36.4 Å². The Morgan fingerprint density at radius 2 is 1.85 bits per heavy atom. The highest BCUT2D eigenvalue weighted by molar-refractivity contribution is 14.0. The fourth-order valence-electron chi connectivity index (χ4n) is 2.29. The minimum atomic E-state index is -0.496. The molecule has 4 N–H and O–H groups in total. The molecule has 0 radical (unpaired) electrons. The number of aliphatic imine (C=N–C) groups is 1. The number of hydrogen-bond donors (Lipinski definition) is 3. The van der Waals surface area contributed by atoms with Crippen LogP contribution in [0.25, 0.3) is 0 Å². The predicted molar refractivity (Wildman–Crippen MR) is 115 cm³/mol. The van der Waals surface area contributed by atoms with Crippen LogP contribution in [0.1, 0.15) is 16.7 Å². The van der Waals surface area contributed by atoms with Gasteiger partial charge >= 0.3 is 0 Å². The summed E-state index contributed by atoms with van der Waals surface area (Å²) in [5.74, 6) is 0.831. The number of benzene rings is 2. The van der Waals surface area contributed by atoms with Crippen molar-refractivity contribution in [1.82, 2.24) is 10.6 Å². The minimum absolute atomic E-state index is 0. The summed E-state index contributed by atoms with van der Waals surface area (Å²) in [4.78, 5) is 15.0. The van der Waals surface area contributed by atoms with Gasteiger partial charge in [-0.05, 0) is 35.7 Å². The molecule has 26 heavy (non-hydrogen) atoms. The van der Waals surface area contributed by atoms with Crippen molar-refractivity contribution in [1.29, 1.82) is 0 Å². The van der Waals surface area contributed by atoms with Gasteiger partial charge < -0.3 is 21.1 Å². The Morgan fingerprint density at radius 3 is 2.54 bits per heavy atom. The van der Waals surface area contributed by atoms with Crippen LogP contribution in [0.3, 0.4) is 0 Å². The zero-order valence-corrected chi connectivity index (χ0v) is 17.3. The lowest BCUT2D eigenvalue weighted by Gasteiger charge is -2.13. The first-order chi connectivity index (χ1) is 12.1. The number of aryl methyl sites for hydroxylation is 1. The van der Waals surface area contributed by atoms with Crippen LogP contribution in [0.15, 0.2) is 53.5 Å². The van der Waals surface area contributed by atoms with E-state index in [2.05, 4.69) is 34.7 Å². The fourth-order valence-corrected chi connectivity index (χ4v) is 2.29. The molecule has 0 saturated carbocycles. The SMILES string of the molecule is CN=C(NCc1cccc(OCC(N)=O)c1)NCc1ccccc1C.I. The molecule has 0 saturated heterocycles. The van der Waals surface area contributed by atoms with Crippen LogP contribution in [0, 0.1) is 6.92 Å². The Hall–Kier alpha value is -2.29. The topological polar surface area (TPSA) is 88.7 Å². The maximum atomic E-state index is 10.8. The molecule has 0 spiro atoms. The van der Waals surface area contributed by atoms with E-state index in [1.807, 2.05) is 30.3 Å². The number of halogens is 1. The molecule has 0 atom stereocenters. The molecule has 1 amide bonds. The number of primary amides is 1. The normalized spacial score (nSPS) is 10.6. The summed E-state index contributed by atoms with van der Waals surface area (Å²) in [6, 6.07) is 15.7. The molecule has 140 valence electrons. The molecule has 0 heterocycles. The number of ether oxygens (including phenoxy) is 1. The Bertz CT molecular complexity index is 750. The van der Waals surface area contributed by atoms with Crippen LogP contribution in [0.2, 0.25) is 0 Å². The van der Waals surface area contributed by atoms with E-state index in [1.165, 1.54) is 11.1 Å². The van der Waals surface area contributed by atoms with Gasteiger partial charge in [-0.25, -0.2) is 0 Å². The van der Waals surface area contributed by atoms with E-state index < -0.39 is 5.91 Å². The summed E-state index contributed by atoms with van der Waals surface area (Å²) in [6.07, 6.45) is 0. The van der Waals surface area contributed by atoms with Gasteiger partial charge in [0.2, 0.25) is 0 Å². The first kappa shape index (κ1) is 21.8. The zero-order valence-electron chi connectivity index (χ0n) is 15.0. The van der Waals surface area contributed by atoms with Gasteiger partial charge in [0.05, 0.1) is 0 Å². The average molecular weight is 468 g/mol. The summed E-state index contributed by atoms with van der Waals surface area (Å²) >= 11 is 0. The van der Waals surface area contributed by atoms with E-state index in [4.69, 9.17) is 10.5 Å². The largest absolute Gasteiger partial charge is 0.484 e. The van der Waals surface area contributed by atoms with E-state index in [0.29, 0.717) is 24.8 Å². The van der Waals surface area contributed by atoms with Crippen molar-refractivity contribution < 1.29 is 9.53 Å². The summed E-state index contributed by atoms with van der Waals surface area (Å²) in [6.45, 7) is 3.25. The fraction of sp³-hybridized carbons (Fsp3) is 0.263. The van der Waals surface area contributed by atoms with Crippen LogP contribution in [-0.4, -0.2) is 25.5 Å². The Labute approximate surface area is 171 Å². The van der Waals surface area contributed by atoms with Crippen LogP contribution in [0.5, 0.6) is 5.75 Å². The Balaban J connectivity index is 0.00000338. The summed E-state index contributed by atoms with van der Waals surface area (Å²) in [5, 5.41) is 6.56. The molecule has 0 fully saturated rings. The molecule has 2 aromatic carbocycles. The molecule has 0 unspecified atom stereocenters. The summed E-state index contributed by atoms with van der Waals surface area (Å²) in [5.41, 5.74) is 8.57. The van der Waals surface area contributed by atoms with Crippen molar-refractivity contribution in [2.45, 2.75) is 20.0 Å². The maximum absolute atomic E-state index is 10.8. The lowest BCUT2D eigenvalue weighted by molar-refractivity contribution is -0.119. The lowest BCUT2D eigenvalue weighted by atomic mass is 10.1. The Kier molecular flexibility index (Phi) is 9.50. The lowest BCUT2D eigenvalue weighted by Crippen LogP contribution is -2.36. The first-order valence-corrected chi connectivity index (χ1v) is 8.07. The van der Waals surface area contributed by atoms with Crippen molar-refractivity contribution in [3.8, 4) is 5.75 Å². The van der Waals surface area contributed by atoms with Crippen molar-refractivity contribution in [2.24, 2.45) is 10.7 Å². The quantitative estimate of drug-likeness (QED) is 0.331. The molecule has 0 aliphatic carbocycles. The molecule has 0 aliphatic heterocycles. The summed E-state index contributed by atoms with van der Waals surface area (Å²) < 4.78 is 5.31. The van der Waals surface area contributed by atoms with Crippen LogP contribution >= 0.6 is 24.0 Å². The third kappa shape index (κ3) is 7.30. The standard InChI is InChI=1S/C19H24N4O2.HI/c1-14-6-3-4-8-16(14)12-23-19(21-2)22-11-15-7-5-9-17(10-15)25-13-18(20)24;/h3-10H,11-13H2,1-2H3,(H2,20,24)(H2,21,22,23);1H. The van der Waals surface area contributed by atoms with Gasteiger partial charge in [0.25, 0.3) is 5.91 Å². The number of nitrogens with one attached hydrogen (secondary N) is 2. The highest BCUT2D eigenvalue weighted by atomic mass is 127. The molecule has 0 bridgehead atoms. The van der Waals surface area contributed by atoms with Gasteiger partial charge in [0, 0.05) is 20.1 Å². The van der Waals surface area contributed by atoms with Crippen molar-refractivity contribution in [3.63, 3.8) is 0 Å². The van der Waals surface area contributed by atoms with Crippen LogP contribution < -0.4 is 21.1 Å². The minimum Gasteiger partial charge on any atom is -0.484 e. The van der Waals surface area contributed by atoms with E-state index in [0.717, 1.165) is 5.56 Å². The maximum Gasteiger partial charge on any atom is 0.255 e. The number of carbonyl (C=O) groups excluding carboxylic acids is 1. The van der Waals surface area contributed by atoms with Gasteiger partial charge in [0.1, 0.15) is 5.75 Å². The number of nitrogens with zero attached hydrogens (tertiary/aromatic N) is 1. The van der Waals surface area contributed by atoms with Gasteiger partial charge in [-0.2, -0.15) is 0 Å². The van der Waals surface area contributed by atoms with Crippen molar-refractivity contribution in [2.75, 3.05) is 13.7 Å². The van der Waals surface area contributed by atoms with E-state index in [-0.39, 0.29) is 30.6 Å². The molecule has 2 rings (SSSR count). The number of nitrogens with two attached hydrogens (primary N) is 1. The Morgan fingerprint density at radius 1 is 1.12 bits per heavy atom. The van der Waals surface area contributed by atoms with E-state index >= 15 is 0 Å². The summed E-state index contributed by atoms with van der Waals surface area (Å²) in [7, 11) is 1.74. The first-order valence-electron chi connectivity index (χ1n) is 8.07. The number of amides is 1. The van der Waals surface area contributed by atoms with Crippen molar-refractivity contribution in [3.05, 3.63) is 65.2 Å². The third-order valence-corrected chi connectivity index (χ3v) is 3.67. The molecule has 7 heteroatoms. The monoisotopic (exact) mass is 468 g/mol. The van der Waals surface area contributed by atoms with Crippen LogP contribution in [-0.2, 0) is 17.9 Å². The second-order valence-corrected chi connectivity index (χ2v) is 5.61. The molecular formula is C19H25IN4O2. The number of guanidine groups is 1. The molecular weight excluding hydrogens is 443 g/mol.